The summed E-state index contributed by atoms with van der Waals surface area (Å²) in [6.45, 7) is 10.5. The molecule has 2 heterocycles. The van der Waals surface area contributed by atoms with Gasteiger partial charge in [0, 0.05) is 63.7 Å². The van der Waals surface area contributed by atoms with Crippen LogP contribution in [0.2, 0.25) is 0 Å². The molecule has 1 fully saturated rings. The second kappa shape index (κ2) is 8.61. The van der Waals surface area contributed by atoms with E-state index in [1.165, 1.54) is 16.7 Å². The average Bonchev–Trinajstić information content (AvgIpc) is 3.07. The zero-order chi connectivity index (χ0) is 17.6. The number of aliphatic hydroxyl groups is 1. The molecule has 0 saturated carbocycles. The molecule has 1 saturated heterocycles. The van der Waals surface area contributed by atoms with E-state index in [-0.39, 0.29) is 6.61 Å². The molecule has 1 aliphatic heterocycles. The van der Waals surface area contributed by atoms with Crippen LogP contribution in [0.15, 0.2) is 36.7 Å². The molecule has 0 unspecified atom stereocenters. The van der Waals surface area contributed by atoms with Crippen molar-refractivity contribution in [3.8, 4) is 0 Å². The Morgan fingerprint density at radius 2 is 2.04 bits per heavy atom. The first-order valence-electron chi connectivity index (χ1n) is 9.32. The van der Waals surface area contributed by atoms with Gasteiger partial charge in [0.15, 0.2) is 0 Å². The van der Waals surface area contributed by atoms with Crippen molar-refractivity contribution in [3.05, 3.63) is 53.3 Å². The van der Waals surface area contributed by atoms with Crippen molar-refractivity contribution in [2.45, 2.75) is 45.9 Å². The van der Waals surface area contributed by atoms with Gasteiger partial charge in [-0.15, -0.1) is 0 Å². The number of aliphatic hydroxyl groups excluding tert-OH is 1. The predicted octanol–water partition coefficient (Wildman–Crippen LogP) is 2.28. The Morgan fingerprint density at radius 3 is 2.76 bits per heavy atom. The lowest BCUT2D eigenvalue weighted by atomic mass is 10.0. The Morgan fingerprint density at radius 1 is 1.20 bits per heavy atom. The van der Waals surface area contributed by atoms with Crippen molar-refractivity contribution in [1.29, 1.82) is 0 Å². The van der Waals surface area contributed by atoms with Crippen LogP contribution in [-0.2, 0) is 19.6 Å². The van der Waals surface area contributed by atoms with Crippen LogP contribution in [0.4, 0.5) is 0 Å². The van der Waals surface area contributed by atoms with Gasteiger partial charge >= 0.3 is 0 Å². The fourth-order valence-electron chi connectivity index (χ4n) is 3.66. The van der Waals surface area contributed by atoms with E-state index < -0.39 is 0 Å². The van der Waals surface area contributed by atoms with Crippen molar-refractivity contribution >= 4 is 0 Å². The van der Waals surface area contributed by atoms with Crippen LogP contribution in [0.25, 0.3) is 0 Å². The maximum absolute atomic E-state index is 9.51. The second-order valence-corrected chi connectivity index (χ2v) is 7.00. The molecule has 136 valence electrons. The monoisotopic (exact) mass is 342 g/mol. The van der Waals surface area contributed by atoms with E-state index in [4.69, 9.17) is 0 Å². The van der Waals surface area contributed by atoms with Gasteiger partial charge < -0.3 is 5.11 Å². The van der Waals surface area contributed by atoms with Gasteiger partial charge in [-0.2, -0.15) is 5.10 Å². The first-order valence-corrected chi connectivity index (χ1v) is 9.32. The van der Waals surface area contributed by atoms with Crippen molar-refractivity contribution in [1.82, 2.24) is 19.6 Å². The lowest BCUT2D eigenvalue weighted by molar-refractivity contribution is 0.0498. The molecule has 0 spiro atoms. The maximum atomic E-state index is 9.51. The van der Waals surface area contributed by atoms with Gasteiger partial charge in [-0.3, -0.25) is 14.5 Å². The summed E-state index contributed by atoms with van der Waals surface area (Å²) in [4.78, 5) is 5.02. The Kier molecular flexibility index (Phi) is 6.24. The van der Waals surface area contributed by atoms with Crippen molar-refractivity contribution in [3.63, 3.8) is 0 Å². The molecule has 1 N–H and O–H groups in total. The van der Waals surface area contributed by atoms with E-state index in [1.807, 2.05) is 10.9 Å². The Bertz CT molecular complexity index is 669. The lowest BCUT2D eigenvalue weighted by Crippen LogP contribution is -2.52. The number of hydrogen-bond donors (Lipinski definition) is 1. The predicted molar refractivity (Wildman–Crippen MR) is 100 cm³/mol. The van der Waals surface area contributed by atoms with Crippen LogP contribution in [0.3, 0.4) is 0 Å². The van der Waals surface area contributed by atoms with Crippen LogP contribution < -0.4 is 0 Å². The van der Waals surface area contributed by atoms with Gasteiger partial charge in [-0.25, -0.2) is 0 Å². The summed E-state index contributed by atoms with van der Waals surface area (Å²) in [5.74, 6) is 0. The van der Waals surface area contributed by atoms with Gasteiger partial charge in [0.2, 0.25) is 0 Å². The van der Waals surface area contributed by atoms with Gasteiger partial charge in [0.25, 0.3) is 0 Å². The topological polar surface area (TPSA) is 44.5 Å². The summed E-state index contributed by atoms with van der Waals surface area (Å²) in [7, 11) is 0. The van der Waals surface area contributed by atoms with Gasteiger partial charge in [0.1, 0.15) is 0 Å². The molecule has 5 nitrogen and oxygen atoms in total. The molecule has 3 rings (SSSR count). The Balaban J connectivity index is 1.62. The van der Waals surface area contributed by atoms with E-state index in [0.29, 0.717) is 6.04 Å². The molecule has 1 aromatic carbocycles. The second-order valence-electron chi connectivity index (χ2n) is 7.00. The first-order chi connectivity index (χ1) is 12.2. The number of aromatic nitrogens is 2. The normalized spacial score (nSPS) is 19.4. The molecule has 2 aromatic rings. The van der Waals surface area contributed by atoms with Crippen LogP contribution in [0.5, 0.6) is 0 Å². The standard InChI is InChI=1S/C20H30N4O/c1-3-24-14-18(12-21-24)13-22-9-10-23(20(16-22)8-11-25)15-19-7-5-4-6-17(19)2/h4-7,12,14,20,25H,3,8-11,13,15-16H2,1-2H3/t20-/m0/s1. The third kappa shape index (κ3) is 4.69. The van der Waals surface area contributed by atoms with E-state index in [0.717, 1.165) is 45.7 Å². The lowest BCUT2D eigenvalue weighted by Gasteiger charge is -2.41. The first kappa shape index (κ1) is 18.1. The minimum atomic E-state index is 0.247. The van der Waals surface area contributed by atoms with E-state index in [9.17, 15) is 5.11 Å². The summed E-state index contributed by atoms with van der Waals surface area (Å²) in [5, 5.41) is 13.9. The minimum Gasteiger partial charge on any atom is -0.396 e. The fraction of sp³-hybridized carbons (Fsp3) is 0.550. The molecule has 5 heteroatoms. The Hall–Kier alpha value is -1.69. The SMILES string of the molecule is CCn1cc(CN2CCN(Cc3ccccc3C)[C@@H](CCO)C2)cn1. The largest absolute Gasteiger partial charge is 0.396 e. The molecule has 0 aliphatic carbocycles. The van der Waals surface area contributed by atoms with Crippen molar-refractivity contribution in [2.75, 3.05) is 26.2 Å². The highest BCUT2D eigenvalue weighted by Crippen LogP contribution is 2.19. The summed E-state index contributed by atoms with van der Waals surface area (Å²) in [6.07, 6.45) is 4.95. The Labute approximate surface area is 150 Å². The van der Waals surface area contributed by atoms with E-state index >= 15 is 0 Å². The summed E-state index contributed by atoms with van der Waals surface area (Å²) in [5.41, 5.74) is 4.01. The third-order valence-electron chi connectivity index (χ3n) is 5.20. The number of piperazine rings is 1. The molecule has 1 aromatic heterocycles. The quantitative estimate of drug-likeness (QED) is 0.838. The highest BCUT2D eigenvalue weighted by atomic mass is 16.3. The maximum Gasteiger partial charge on any atom is 0.0534 e. The fourth-order valence-corrected chi connectivity index (χ4v) is 3.66. The molecule has 0 amide bonds. The molecule has 0 bridgehead atoms. The number of nitrogens with zero attached hydrogens (tertiary/aromatic N) is 4. The van der Waals surface area contributed by atoms with Crippen LogP contribution in [-0.4, -0.2) is 57.0 Å². The van der Waals surface area contributed by atoms with Crippen molar-refractivity contribution in [2.24, 2.45) is 0 Å². The number of rotatable bonds is 7. The van der Waals surface area contributed by atoms with Gasteiger partial charge in [0.05, 0.1) is 6.20 Å². The zero-order valence-corrected chi connectivity index (χ0v) is 15.4. The molecular weight excluding hydrogens is 312 g/mol. The molecule has 1 atom stereocenters. The zero-order valence-electron chi connectivity index (χ0n) is 15.4. The van der Waals surface area contributed by atoms with Crippen molar-refractivity contribution < 1.29 is 5.11 Å². The smallest absolute Gasteiger partial charge is 0.0534 e. The number of hydrogen-bond acceptors (Lipinski definition) is 4. The van der Waals surface area contributed by atoms with E-state index in [2.05, 4.69) is 59.2 Å². The minimum absolute atomic E-state index is 0.247. The number of aryl methyl sites for hydroxylation is 2. The highest BCUT2D eigenvalue weighted by Gasteiger charge is 2.27. The average molecular weight is 342 g/mol. The van der Waals surface area contributed by atoms with E-state index in [1.54, 1.807) is 0 Å². The summed E-state index contributed by atoms with van der Waals surface area (Å²) >= 11 is 0. The molecule has 1 aliphatic rings. The van der Waals surface area contributed by atoms with Gasteiger partial charge in [-0.1, -0.05) is 24.3 Å². The molecule has 0 radical (unpaired) electrons. The third-order valence-corrected chi connectivity index (χ3v) is 5.20. The van der Waals surface area contributed by atoms with Crippen LogP contribution in [0.1, 0.15) is 30.0 Å². The molecular formula is C20H30N4O. The highest BCUT2D eigenvalue weighted by molar-refractivity contribution is 5.25. The van der Waals surface area contributed by atoms with Crippen LogP contribution >= 0.6 is 0 Å². The number of benzene rings is 1. The molecule has 25 heavy (non-hydrogen) atoms. The summed E-state index contributed by atoms with van der Waals surface area (Å²) in [6, 6.07) is 9.01. The van der Waals surface area contributed by atoms with Crippen LogP contribution in [0, 0.1) is 6.92 Å². The van der Waals surface area contributed by atoms with Gasteiger partial charge in [-0.05, 0) is 31.4 Å². The summed E-state index contributed by atoms with van der Waals surface area (Å²) < 4.78 is 1.98.